The molecule has 1 amide bonds. The average molecular weight is 435 g/mol. The van der Waals surface area contributed by atoms with E-state index in [0.29, 0.717) is 34.4 Å². The molecular weight excluding hydrogens is 414 g/mol. The Labute approximate surface area is 183 Å². The molecule has 9 nitrogen and oxygen atoms in total. The van der Waals surface area contributed by atoms with E-state index in [9.17, 15) is 9.59 Å². The zero-order chi connectivity index (χ0) is 22.8. The van der Waals surface area contributed by atoms with E-state index in [2.05, 4.69) is 10.3 Å². The summed E-state index contributed by atoms with van der Waals surface area (Å²) >= 11 is 0. The maximum absolute atomic E-state index is 13.0. The number of furan rings is 1. The molecule has 9 heteroatoms. The number of nitrogens with one attached hydrogen (secondary N) is 1. The number of ether oxygens (including phenoxy) is 3. The molecule has 0 aliphatic rings. The second kappa shape index (κ2) is 8.46. The van der Waals surface area contributed by atoms with Crippen LogP contribution < -0.4 is 25.1 Å². The maximum atomic E-state index is 13.0. The SMILES string of the molecule is COc1ccc(Oc2cc(NC(=O)c3c(C)oc4ncn(C)c(=O)c34)ccc2OC)cc1. The highest BCUT2D eigenvalue weighted by Crippen LogP contribution is 2.35. The van der Waals surface area contributed by atoms with Gasteiger partial charge in [0.25, 0.3) is 11.5 Å². The number of amides is 1. The standard InChI is InChI=1S/C23H21N3O6/c1-13-19(20-22(31-13)24-12-26(2)23(20)28)21(27)25-14-5-10-17(30-4)18(11-14)32-16-8-6-15(29-3)7-9-16/h5-12H,1-4H3,(H,25,27). The van der Waals surface area contributed by atoms with Gasteiger partial charge in [-0.25, -0.2) is 4.98 Å². The van der Waals surface area contributed by atoms with Crippen LogP contribution in [0.5, 0.6) is 23.0 Å². The first-order chi connectivity index (χ1) is 15.4. The molecule has 1 N–H and O–H groups in total. The lowest BCUT2D eigenvalue weighted by Crippen LogP contribution is -2.20. The Morgan fingerprint density at radius 2 is 1.75 bits per heavy atom. The van der Waals surface area contributed by atoms with Gasteiger partial charge < -0.3 is 28.5 Å². The molecule has 0 aliphatic carbocycles. The summed E-state index contributed by atoms with van der Waals surface area (Å²) in [6, 6.07) is 12.0. The Bertz CT molecular complexity index is 1350. The number of hydrogen-bond acceptors (Lipinski definition) is 7. The summed E-state index contributed by atoms with van der Waals surface area (Å²) < 4.78 is 23.3. The first-order valence-corrected chi connectivity index (χ1v) is 9.67. The fourth-order valence-electron chi connectivity index (χ4n) is 3.26. The topological polar surface area (TPSA) is 105 Å². The second-order valence-electron chi connectivity index (χ2n) is 6.97. The summed E-state index contributed by atoms with van der Waals surface area (Å²) in [7, 11) is 4.67. The average Bonchev–Trinajstić information content (AvgIpc) is 3.14. The summed E-state index contributed by atoms with van der Waals surface area (Å²) in [6.07, 6.45) is 1.35. The van der Waals surface area contributed by atoms with Crippen LogP contribution in [-0.4, -0.2) is 29.7 Å². The number of rotatable bonds is 6. The van der Waals surface area contributed by atoms with Gasteiger partial charge in [-0.1, -0.05) is 0 Å². The second-order valence-corrected chi connectivity index (χ2v) is 6.97. The highest BCUT2D eigenvalue weighted by atomic mass is 16.5. The van der Waals surface area contributed by atoms with E-state index >= 15 is 0 Å². The Kier molecular flexibility index (Phi) is 5.55. The number of carbonyl (C=O) groups excluding carboxylic acids is 1. The molecule has 0 saturated heterocycles. The van der Waals surface area contributed by atoms with Gasteiger partial charge in [0.2, 0.25) is 5.71 Å². The molecule has 164 valence electrons. The number of benzene rings is 2. The summed E-state index contributed by atoms with van der Waals surface area (Å²) in [5.41, 5.74) is 0.347. The summed E-state index contributed by atoms with van der Waals surface area (Å²) in [6.45, 7) is 1.61. The maximum Gasteiger partial charge on any atom is 0.265 e. The van der Waals surface area contributed by atoms with Crippen molar-refractivity contribution in [2.45, 2.75) is 6.92 Å². The molecule has 0 radical (unpaired) electrons. The Morgan fingerprint density at radius 3 is 2.44 bits per heavy atom. The summed E-state index contributed by atoms with van der Waals surface area (Å²) in [5, 5.41) is 2.92. The normalized spacial score (nSPS) is 10.8. The van der Waals surface area contributed by atoms with Crippen LogP contribution in [0, 0.1) is 6.92 Å². The molecule has 0 atom stereocenters. The van der Waals surface area contributed by atoms with E-state index in [1.165, 1.54) is 18.0 Å². The van der Waals surface area contributed by atoms with Crippen LogP contribution in [0.3, 0.4) is 0 Å². The van der Waals surface area contributed by atoms with Crippen molar-refractivity contribution in [1.82, 2.24) is 9.55 Å². The molecule has 0 saturated carbocycles. The molecule has 0 aliphatic heterocycles. The fraction of sp³-hybridized carbons (Fsp3) is 0.174. The van der Waals surface area contributed by atoms with Gasteiger partial charge in [0, 0.05) is 18.8 Å². The zero-order valence-electron chi connectivity index (χ0n) is 18.0. The number of aryl methyl sites for hydroxylation is 2. The molecule has 2 heterocycles. The van der Waals surface area contributed by atoms with Crippen molar-refractivity contribution in [1.29, 1.82) is 0 Å². The Morgan fingerprint density at radius 1 is 1.03 bits per heavy atom. The number of hydrogen-bond donors (Lipinski definition) is 1. The van der Waals surface area contributed by atoms with E-state index in [1.807, 2.05) is 0 Å². The summed E-state index contributed by atoms with van der Waals surface area (Å²) in [5.74, 6) is 1.97. The van der Waals surface area contributed by atoms with E-state index in [4.69, 9.17) is 18.6 Å². The molecule has 4 rings (SSSR count). The predicted molar refractivity (Wildman–Crippen MR) is 118 cm³/mol. The number of aromatic nitrogens is 2. The first-order valence-electron chi connectivity index (χ1n) is 9.67. The Hall–Kier alpha value is -4.27. The van der Waals surface area contributed by atoms with Gasteiger partial charge >= 0.3 is 0 Å². The minimum Gasteiger partial charge on any atom is -0.497 e. The van der Waals surface area contributed by atoms with Gasteiger partial charge in [-0.15, -0.1) is 0 Å². The molecule has 0 spiro atoms. The molecular formula is C23H21N3O6. The monoisotopic (exact) mass is 435 g/mol. The lowest BCUT2D eigenvalue weighted by Gasteiger charge is -2.13. The molecule has 0 bridgehead atoms. The van der Waals surface area contributed by atoms with E-state index in [1.54, 1.807) is 63.5 Å². The van der Waals surface area contributed by atoms with Crippen LogP contribution in [-0.2, 0) is 7.05 Å². The third kappa shape index (κ3) is 3.87. The van der Waals surface area contributed by atoms with Crippen molar-refractivity contribution in [3.05, 3.63) is 70.5 Å². The molecule has 0 unspecified atom stereocenters. The van der Waals surface area contributed by atoms with Crippen molar-refractivity contribution < 1.29 is 23.4 Å². The fourth-order valence-corrected chi connectivity index (χ4v) is 3.26. The lowest BCUT2D eigenvalue weighted by molar-refractivity contribution is 0.102. The van der Waals surface area contributed by atoms with Crippen LogP contribution in [0.4, 0.5) is 5.69 Å². The van der Waals surface area contributed by atoms with Gasteiger partial charge in [0.15, 0.2) is 11.5 Å². The third-order valence-corrected chi connectivity index (χ3v) is 4.88. The largest absolute Gasteiger partial charge is 0.497 e. The quantitative estimate of drug-likeness (QED) is 0.490. The minimum absolute atomic E-state index is 0.119. The van der Waals surface area contributed by atoms with Gasteiger partial charge in [-0.05, 0) is 43.3 Å². The van der Waals surface area contributed by atoms with Crippen molar-refractivity contribution in [3.63, 3.8) is 0 Å². The van der Waals surface area contributed by atoms with Gasteiger partial charge in [0.1, 0.15) is 29.0 Å². The minimum atomic E-state index is -0.494. The molecule has 0 fully saturated rings. The predicted octanol–water partition coefficient (Wildman–Crippen LogP) is 3.90. The van der Waals surface area contributed by atoms with Crippen LogP contribution in [0.25, 0.3) is 11.1 Å². The van der Waals surface area contributed by atoms with Gasteiger partial charge in [-0.2, -0.15) is 0 Å². The van der Waals surface area contributed by atoms with Crippen molar-refractivity contribution in [2.24, 2.45) is 7.05 Å². The van der Waals surface area contributed by atoms with Crippen molar-refractivity contribution >= 4 is 22.7 Å². The third-order valence-electron chi connectivity index (χ3n) is 4.88. The van der Waals surface area contributed by atoms with Crippen molar-refractivity contribution in [3.8, 4) is 23.0 Å². The first kappa shape index (κ1) is 21.0. The Balaban J connectivity index is 1.65. The zero-order valence-corrected chi connectivity index (χ0v) is 18.0. The molecule has 2 aromatic heterocycles. The van der Waals surface area contributed by atoms with Crippen LogP contribution in [0.2, 0.25) is 0 Å². The number of fused-ring (bicyclic) bond motifs is 1. The molecule has 4 aromatic rings. The van der Waals surface area contributed by atoms with Crippen LogP contribution >= 0.6 is 0 Å². The number of nitrogens with zero attached hydrogens (tertiary/aromatic N) is 2. The van der Waals surface area contributed by atoms with Crippen LogP contribution in [0.15, 0.2) is 58.0 Å². The lowest BCUT2D eigenvalue weighted by atomic mass is 10.1. The molecule has 2 aromatic carbocycles. The van der Waals surface area contributed by atoms with Crippen LogP contribution in [0.1, 0.15) is 16.1 Å². The van der Waals surface area contributed by atoms with Crippen molar-refractivity contribution in [2.75, 3.05) is 19.5 Å². The highest BCUT2D eigenvalue weighted by Gasteiger charge is 2.23. The van der Waals surface area contributed by atoms with E-state index in [-0.39, 0.29) is 22.2 Å². The number of methoxy groups -OCH3 is 2. The highest BCUT2D eigenvalue weighted by molar-refractivity contribution is 6.12. The van der Waals surface area contributed by atoms with Gasteiger partial charge in [0.05, 0.1) is 19.8 Å². The summed E-state index contributed by atoms with van der Waals surface area (Å²) in [4.78, 5) is 29.7. The number of carbonyl (C=O) groups is 1. The van der Waals surface area contributed by atoms with Gasteiger partial charge in [-0.3, -0.25) is 9.59 Å². The number of anilines is 1. The smallest absolute Gasteiger partial charge is 0.265 e. The molecule has 32 heavy (non-hydrogen) atoms. The van der Waals surface area contributed by atoms with E-state index in [0.717, 1.165) is 0 Å². The van der Waals surface area contributed by atoms with E-state index < -0.39 is 5.91 Å².